The van der Waals surface area contributed by atoms with E-state index in [4.69, 9.17) is 0 Å². The van der Waals surface area contributed by atoms with Crippen LogP contribution in [0, 0.1) is 11.7 Å². The van der Waals surface area contributed by atoms with Crippen LogP contribution >= 0.6 is 0 Å². The largest absolute Gasteiger partial charge is 0.416 e. The zero-order chi connectivity index (χ0) is 27.3. The van der Waals surface area contributed by atoms with E-state index < -0.39 is 52.1 Å². The SMILES string of the molecule is O=C(c1cc(C(F)(F)F)cc(C(F)(F)F)c1)[C@@H]1CC[C@@H]2CC[C@@]1(c1ccc(F)cc1)N2Cc1ccccc1. The van der Waals surface area contributed by atoms with Crippen LogP contribution in [-0.2, 0) is 24.4 Å². The molecule has 2 nitrogen and oxygen atoms in total. The Morgan fingerprint density at radius 1 is 0.816 bits per heavy atom. The summed E-state index contributed by atoms with van der Waals surface area (Å²) in [6, 6.07) is 16.2. The molecule has 5 rings (SSSR count). The van der Waals surface area contributed by atoms with Gasteiger partial charge in [-0.2, -0.15) is 26.3 Å². The minimum absolute atomic E-state index is 0.0285. The molecule has 3 aromatic rings. The third kappa shape index (κ3) is 4.72. The third-order valence-electron chi connectivity index (χ3n) is 7.91. The molecule has 0 radical (unpaired) electrons. The fourth-order valence-electron chi connectivity index (χ4n) is 6.23. The maximum absolute atomic E-state index is 14.0. The van der Waals surface area contributed by atoms with Gasteiger partial charge in [0.25, 0.3) is 0 Å². The van der Waals surface area contributed by atoms with Crippen LogP contribution < -0.4 is 0 Å². The Morgan fingerprint density at radius 3 is 2.00 bits per heavy atom. The molecule has 0 aliphatic carbocycles. The highest BCUT2D eigenvalue weighted by Crippen LogP contribution is 2.55. The molecule has 0 amide bonds. The Bertz CT molecular complexity index is 1290. The lowest BCUT2D eigenvalue weighted by atomic mass is 9.69. The van der Waals surface area contributed by atoms with Crippen molar-refractivity contribution in [2.75, 3.05) is 0 Å². The first-order chi connectivity index (χ1) is 17.9. The zero-order valence-corrected chi connectivity index (χ0v) is 20.1. The van der Waals surface area contributed by atoms with E-state index in [9.17, 15) is 35.5 Å². The summed E-state index contributed by atoms with van der Waals surface area (Å²) in [6.45, 7) is 0.434. The summed E-state index contributed by atoms with van der Waals surface area (Å²) in [5.74, 6) is -2.18. The summed E-state index contributed by atoms with van der Waals surface area (Å²) >= 11 is 0. The predicted molar refractivity (Wildman–Crippen MR) is 127 cm³/mol. The highest BCUT2D eigenvalue weighted by molar-refractivity contribution is 5.99. The highest BCUT2D eigenvalue weighted by atomic mass is 19.4. The molecule has 200 valence electrons. The topological polar surface area (TPSA) is 20.3 Å². The number of nitrogens with zero attached hydrogens (tertiary/aromatic N) is 1. The van der Waals surface area contributed by atoms with Gasteiger partial charge in [0.2, 0.25) is 0 Å². The van der Waals surface area contributed by atoms with Crippen LogP contribution in [0.25, 0.3) is 0 Å². The molecule has 0 N–H and O–H groups in total. The molecule has 38 heavy (non-hydrogen) atoms. The summed E-state index contributed by atoms with van der Waals surface area (Å²) in [6.07, 6.45) is -8.09. The molecule has 2 aliphatic heterocycles. The minimum atomic E-state index is -5.06. The van der Waals surface area contributed by atoms with Crippen molar-refractivity contribution in [1.82, 2.24) is 4.90 Å². The van der Waals surface area contributed by atoms with Crippen molar-refractivity contribution in [2.45, 2.75) is 56.2 Å². The monoisotopic (exact) mass is 535 g/mol. The molecule has 2 bridgehead atoms. The number of carbonyl (C=O) groups is 1. The van der Waals surface area contributed by atoms with Crippen LogP contribution in [-0.4, -0.2) is 16.7 Å². The van der Waals surface area contributed by atoms with Gasteiger partial charge in [0.05, 0.1) is 16.7 Å². The summed E-state index contributed by atoms with van der Waals surface area (Å²) in [4.78, 5) is 16.1. The molecule has 0 spiro atoms. The van der Waals surface area contributed by atoms with Crippen molar-refractivity contribution in [3.05, 3.63) is 106 Å². The Labute approximate surface area is 215 Å². The van der Waals surface area contributed by atoms with Gasteiger partial charge in [-0.15, -0.1) is 0 Å². The number of Topliss-reactive ketones (excluding diaryl/α,β-unsaturated/α-hetero) is 1. The van der Waals surface area contributed by atoms with Gasteiger partial charge in [-0.3, -0.25) is 9.69 Å². The quantitative estimate of drug-likeness (QED) is 0.244. The van der Waals surface area contributed by atoms with Crippen molar-refractivity contribution >= 4 is 5.78 Å². The van der Waals surface area contributed by atoms with E-state index in [-0.39, 0.29) is 12.1 Å². The van der Waals surface area contributed by atoms with E-state index in [1.54, 1.807) is 12.1 Å². The Hall–Kier alpha value is -3.20. The van der Waals surface area contributed by atoms with Gasteiger partial charge in [-0.1, -0.05) is 42.5 Å². The van der Waals surface area contributed by atoms with Gasteiger partial charge in [0, 0.05) is 24.1 Å². The van der Waals surface area contributed by atoms with Gasteiger partial charge in [-0.05, 0) is 67.1 Å². The van der Waals surface area contributed by atoms with E-state index in [2.05, 4.69) is 4.90 Å². The van der Waals surface area contributed by atoms with Crippen LogP contribution in [0.5, 0.6) is 0 Å². The smallest absolute Gasteiger partial charge is 0.294 e. The number of halogens is 7. The number of benzene rings is 3. The van der Waals surface area contributed by atoms with Crippen molar-refractivity contribution < 1.29 is 35.5 Å². The Morgan fingerprint density at radius 2 is 1.42 bits per heavy atom. The van der Waals surface area contributed by atoms with E-state index in [0.717, 1.165) is 5.56 Å². The van der Waals surface area contributed by atoms with Crippen LogP contribution in [0.3, 0.4) is 0 Å². The van der Waals surface area contributed by atoms with E-state index in [0.29, 0.717) is 49.9 Å². The molecule has 3 atom stereocenters. The molecule has 2 heterocycles. The second-order valence-electron chi connectivity index (χ2n) is 10.0. The minimum Gasteiger partial charge on any atom is -0.294 e. The van der Waals surface area contributed by atoms with Gasteiger partial charge in [0.15, 0.2) is 5.78 Å². The average Bonchev–Trinajstić information content (AvgIpc) is 3.09. The molecule has 0 unspecified atom stereocenters. The first kappa shape index (κ1) is 26.4. The Kier molecular flexibility index (Phi) is 6.62. The molecule has 2 aliphatic rings. The maximum atomic E-state index is 14.0. The molecular formula is C29H24F7NO. The number of hydrogen-bond acceptors (Lipinski definition) is 2. The number of carbonyl (C=O) groups excluding carboxylic acids is 1. The van der Waals surface area contributed by atoms with Crippen LogP contribution in [0.4, 0.5) is 30.7 Å². The van der Waals surface area contributed by atoms with E-state index in [1.807, 2.05) is 30.3 Å². The number of piperidine rings is 1. The van der Waals surface area contributed by atoms with Crippen molar-refractivity contribution in [1.29, 1.82) is 0 Å². The lowest BCUT2D eigenvalue weighted by Crippen LogP contribution is -2.55. The van der Waals surface area contributed by atoms with Crippen molar-refractivity contribution in [3.8, 4) is 0 Å². The zero-order valence-electron chi connectivity index (χ0n) is 20.1. The van der Waals surface area contributed by atoms with Crippen LogP contribution in [0.1, 0.15) is 58.3 Å². The van der Waals surface area contributed by atoms with Crippen LogP contribution in [0.2, 0.25) is 0 Å². The van der Waals surface area contributed by atoms with Gasteiger partial charge in [0.1, 0.15) is 5.82 Å². The van der Waals surface area contributed by atoms with Crippen molar-refractivity contribution in [2.24, 2.45) is 5.92 Å². The molecular weight excluding hydrogens is 511 g/mol. The van der Waals surface area contributed by atoms with E-state index in [1.165, 1.54) is 12.1 Å². The van der Waals surface area contributed by atoms with Crippen LogP contribution in [0.15, 0.2) is 72.8 Å². The number of fused-ring (bicyclic) bond motifs is 2. The average molecular weight is 536 g/mol. The number of alkyl halides is 6. The normalized spacial score (nSPS) is 24.0. The lowest BCUT2D eigenvalue weighted by Gasteiger charge is -2.50. The number of rotatable bonds is 5. The standard InChI is InChI=1S/C29H24F7NO/c30-23-8-6-20(7-9-23)27-13-12-24(37(27)17-18-4-2-1-3-5-18)10-11-25(27)26(38)19-14-21(28(31,32)33)16-22(15-19)29(34,35)36/h1-9,14-16,24-25H,10-13,17H2/t24-,25+,27+/m1/s1. The summed E-state index contributed by atoms with van der Waals surface area (Å²) < 4.78 is 95.2. The molecule has 0 saturated carbocycles. The number of ketones is 1. The third-order valence-corrected chi connectivity index (χ3v) is 7.91. The molecule has 9 heteroatoms. The molecule has 3 aromatic carbocycles. The van der Waals surface area contributed by atoms with Gasteiger partial charge >= 0.3 is 12.4 Å². The first-order valence-electron chi connectivity index (χ1n) is 12.3. The first-order valence-corrected chi connectivity index (χ1v) is 12.3. The van der Waals surface area contributed by atoms with Gasteiger partial charge in [-0.25, -0.2) is 4.39 Å². The lowest BCUT2D eigenvalue weighted by molar-refractivity contribution is -0.143. The maximum Gasteiger partial charge on any atom is 0.416 e. The summed E-state index contributed by atoms with van der Waals surface area (Å²) in [5, 5.41) is 0. The molecule has 2 fully saturated rings. The summed E-state index contributed by atoms with van der Waals surface area (Å²) in [5.41, 5.74) is -3.09. The molecule has 0 aromatic heterocycles. The fourth-order valence-corrected chi connectivity index (χ4v) is 6.23. The van der Waals surface area contributed by atoms with E-state index >= 15 is 0 Å². The molecule has 2 saturated heterocycles. The predicted octanol–water partition coefficient (Wildman–Crippen LogP) is 8.02. The number of hydrogen-bond donors (Lipinski definition) is 0. The fraction of sp³-hybridized carbons (Fsp3) is 0.345. The van der Waals surface area contributed by atoms with Crippen molar-refractivity contribution in [3.63, 3.8) is 0 Å². The second kappa shape index (κ2) is 9.52. The summed E-state index contributed by atoms with van der Waals surface area (Å²) in [7, 11) is 0. The van der Waals surface area contributed by atoms with Gasteiger partial charge < -0.3 is 0 Å². The Balaban J connectivity index is 1.64. The highest BCUT2D eigenvalue weighted by Gasteiger charge is 2.57. The second-order valence-corrected chi connectivity index (χ2v) is 10.0.